The van der Waals surface area contributed by atoms with Crippen molar-refractivity contribution in [3.05, 3.63) is 29.3 Å². The van der Waals surface area contributed by atoms with Crippen LogP contribution in [0, 0.1) is 0 Å². The third kappa shape index (κ3) is 2.86. The lowest BCUT2D eigenvalue weighted by molar-refractivity contribution is 0.268. The van der Waals surface area contributed by atoms with E-state index in [9.17, 15) is 0 Å². The van der Waals surface area contributed by atoms with E-state index in [1.54, 1.807) is 0 Å². The molecule has 2 aliphatic rings. The summed E-state index contributed by atoms with van der Waals surface area (Å²) in [5.74, 6) is 1.06. The molecule has 0 spiro atoms. The molecule has 2 heteroatoms. The number of ether oxygens (including phenoxy) is 1. The highest BCUT2D eigenvalue weighted by atomic mass is 16.5. The van der Waals surface area contributed by atoms with Crippen LogP contribution in [-0.2, 0) is 12.8 Å². The quantitative estimate of drug-likeness (QED) is 0.880. The first-order valence-corrected chi connectivity index (χ1v) is 7.40. The van der Waals surface area contributed by atoms with E-state index in [0.29, 0.717) is 6.04 Å². The van der Waals surface area contributed by atoms with Crippen LogP contribution in [0.2, 0.25) is 0 Å². The lowest BCUT2D eigenvalue weighted by atomic mass is 10.0. The van der Waals surface area contributed by atoms with Gasteiger partial charge in [-0.3, -0.25) is 0 Å². The van der Waals surface area contributed by atoms with Crippen molar-refractivity contribution in [2.75, 3.05) is 13.2 Å². The number of piperidine rings is 1. The number of nitrogens with one attached hydrogen (secondary N) is 1. The van der Waals surface area contributed by atoms with Gasteiger partial charge in [-0.05, 0) is 68.3 Å². The van der Waals surface area contributed by atoms with Gasteiger partial charge in [-0.2, -0.15) is 0 Å². The summed E-state index contributed by atoms with van der Waals surface area (Å²) < 4.78 is 5.89. The summed E-state index contributed by atoms with van der Waals surface area (Å²) in [4.78, 5) is 0. The SMILES string of the molecule is c1cc2c(cc1OCC[C@H]1CCCCN1)CCC2. The average Bonchev–Trinajstić information content (AvgIpc) is 2.87. The van der Waals surface area contributed by atoms with Crippen LogP contribution < -0.4 is 10.1 Å². The van der Waals surface area contributed by atoms with Crippen LogP contribution in [-0.4, -0.2) is 19.2 Å². The predicted molar refractivity (Wildman–Crippen MR) is 74.2 cm³/mol. The Morgan fingerprint density at radius 2 is 2.06 bits per heavy atom. The second-order valence-corrected chi connectivity index (χ2v) is 5.57. The molecule has 2 nitrogen and oxygen atoms in total. The van der Waals surface area contributed by atoms with E-state index < -0.39 is 0 Å². The summed E-state index contributed by atoms with van der Waals surface area (Å²) >= 11 is 0. The second kappa shape index (κ2) is 5.75. The average molecular weight is 245 g/mol. The fourth-order valence-corrected chi connectivity index (χ4v) is 3.13. The van der Waals surface area contributed by atoms with Crippen LogP contribution in [0.4, 0.5) is 0 Å². The summed E-state index contributed by atoms with van der Waals surface area (Å²) in [5.41, 5.74) is 3.03. The van der Waals surface area contributed by atoms with E-state index in [1.807, 2.05) is 0 Å². The van der Waals surface area contributed by atoms with Gasteiger partial charge < -0.3 is 10.1 Å². The first-order chi connectivity index (χ1) is 8.92. The molecule has 1 aromatic carbocycles. The van der Waals surface area contributed by atoms with Crippen molar-refractivity contribution in [3.63, 3.8) is 0 Å². The number of rotatable bonds is 4. The number of benzene rings is 1. The Hall–Kier alpha value is -1.02. The number of fused-ring (bicyclic) bond motifs is 1. The third-order valence-corrected chi connectivity index (χ3v) is 4.22. The first kappa shape index (κ1) is 12.0. The zero-order valence-electron chi connectivity index (χ0n) is 11.1. The fourth-order valence-electron chi connectivity index (χ4n) is 3.13. The van der Waals surface area contributed by atoms with Crippen LogP contribution in [0.25, 0.3) is 0 Å². The molecular weight excluding hydrogens is 222 g/mol. The predicted octanol–water partition coefficient (Wildman–Crippen LogP) is 3.09. The second-order valence-electron chi connectivity index (χ2n) is 5.57. The third-order valence-electron chi connectivity index (χ3n) is 4.22. The van der Waals surface area contributed by atoms with E-state index in [2.05, 4.69) is 23.5 Å². The highest BCUT2D eigenvalue weighted by Gasteiger charge is 2.13. The van der Waals surface area contributed by atoms with Gasteiger partial charge in [-0.15, -0.1) is 0 Å². The Bertz CT molecular complexity index is 396. The van der Waals surface area contributed by atoms with Crippen molar-refractivity contribution in [3.8, 4) is 5.75 Å². The Morgan fingerprint density at radius 1 is 1.11 bits per heavy atom. The molecule has 1 fully saturated rings. The van der Waals surface area contributed by atoms with E-state index >= 15 is 0 Å². The summed E-state index contributed by atoms with van der Waals surface area (Å²) in [6.07, 6.45) is 8.95. The van der Waals surface area contributed by atoms with Gasteiger partial charge in [0.05, 0.1) is 6.61 Å². The minimum Gasteiger partial charge on any atom is -0.494 e. The largest absolute Gasteiger partial charge is 0.494 e. The molecule has 0 unspecified atom stereocenters. The molecule has 1 atom stereocenters. The smallest absolute Gasteiger partial charge is 0.119 e. The molecule has 0 radical (unpaired) electrons. The molecular formula is C16H23NO. The minimum absolute atomic E-state index is 0.674. The minimum atomic E-state index is 0.674. The van der Waals surface area contributed by atoms with Gasteiger partial charge in [0, 0.05) is 6.04 Å². The van der Waals surface area contributed by atoms with Gasteiger partial charge in [0.25, 0.3) is 0 Å². The zero-order valence-corrected chi connectivity index (χ0v) is 11.1. The van der Waals surface area contributed by atoms with Crippen LogP contribution in [0.3, 0.4) is 0 Å². The Labute approximate surface area is 110 Å². The standard InChI is InChI=1S/C16H23NO/c1-2-10-17-15(6-1)9-11-18-16-8-7-13-4-3-5-14(13)12-16/h7-8,12,15,17H,1-6,9-11H2/t15-/m1/s1. The summed E-state index contributed by atoms with van der Waals surface area (Å²) in [6.45, 7) is 2.03. The summed E-state index contributed by atoms with van der Waals surface area (Å²) in [6, 6.07) is 7.30. The molecule has 0 amide bonds. The van der Waals surface area contributed by atoms with E-state index in [4.69, 9.17) is 4.74 Å². The topological polar surface area (TPSA) is 21.3 Å². The molecule has 1 aliphatic heterocycles. The molecule has 1 N–H and O–H groups in total. The Balaban J connectivity index is 1.48. The monoisotopic (exact) mass is 245 g/mol. The van der Waals surface area contributed by atoms with Crippen LogP contribution in [0.5, 0.6) is 5.75 Å². The van der Waals surface area contributed by atoms with Crippen molar-refractivity contribution in [2.45, 2.75) is 51.0 Å². The van der Waals surface area contributed by atoms with E-state index in [1.165, 1.54) is 56.2 Å². The normalized spacial score (nSPS) is 22.8. The van der Waals surface area contributed by atoms with E-state index in [-0.39, 0.29) is 0 Å². The van der Waals surface area contributed by atoms with Crippen molar-refractivity contribution in [2.24, 2.45) is 0 Å². The molecule has 18 heavy (non-hydrogen) atoms. The maximum atomic E-state index is 5.89. The molecule has 1 aromatic rings. The summed E-state index contributed by atoms with van der Waals surface area (Å²) in [7, 11) is 0. The molecule has 1 heterocycles. The highest BCUT2D eigenvalue weighted by Crippen LogP contribution is 2.26. The molecule has 1 saturated heterocycles. The molecule has 0 aromatic heterocycles. The van der Waals surface area contributed by atoms with Crippen LogP contribution >= 0.6 is 0 Å². The molecule has 98 valence electrons. The van der Waals surface area contributed by atoms with Crippen molar-refractivity contribution >= 4 is 0 Å². The van der Waals surface area contributed by atoms with Crippen LogP contribution in [0.15, 0.2) is 18.2 Å². The first-order valence-electron chi connectivity index (χ1n) is 7.40. The zero-order chi connectivity index (χ0) is 12.2. The number of aryl methyl sites for hydroxylation is 2. The lowest BCUT2D eigenvalue weighted by Crippen LogP contribution is -2.35. The maximum absolute atomic E-state index is 5.89. The van der Waals surface area contributed by atoms with Gasteiger partial charge in [0.2, 0.25) is 0 Å². The van der Waals surface area contributed by atoms with E-state index in [0.717, 1.165) is 18.8 Å². The molecule has 0 saturated carbocycles. The fraction of sp³-hybridized carbons (Fsp3) is 0.625. The van der Waals surface area contributed by atoms with Gasteiger partial charge in [0.15, 0.2) is 0 Å². The molecule has 0 bridgehead atoms. The lowest BCUT2D eigenvalue weighted by Gasteiger charge is -2.23. The molecule has 3 rings (SSSR count). The van der Waals surface area contributed by atoms with Gasteiger partial charge in [-0.25, -0.2) is 0 Å². The number of hydrogen-bond donors (Lipinski definition) is 1. The van der Waals surface area contributed by atoms with Crippen LogP contribution in [0.1, 0.15) is 43.2 Å². The van der Waals surface area contributed by atoms with Gasteiger partial charge in [0.1, 0.15) is 5.75 Å². The highest BCUT2D eigenvalue weighted by molar-refractivity contribution is 5.38. The van der Waals surface area contributed by atoms with Crippen molar-refractivity contribution in [1.29, 1.82) is 0 Å². The maximum Gasteiger partial charge on any atom is 0.119 e. The summed E-state index contributed by atoms with van der Waals surface area (Å²) in [5, 5.41) is 3.57. The van der Waals surface area contributed by atoms with Crippen molar-refractivity contribution < 1.29 is 4.74 Å². The van der Waals surface area contributed by atoms with Gasteiger partial charge in [-0.1, -0.05) is 12.5 Å². The Kier molecular flexibility index (Phi) is 3.84. The Morgan fingerprint density at radius 3 is 2.94 bits per heavy atom. The van der Waals surface area contributed by atoms with Crippen molar-refractivity contribution in [1.82, 2.24) is 5.32 Å². The number of hydrogen-bond acceptors (Lipinski definition) is 2. The van der Waals surface area contributed by atoms with Gasteiger partial charge >= 0.3 is 0 Å². The molecule has 1 aliphatic carbocycles.